The van der Waals surface area contributed by atoms with Crippen LogP contribution in [-0.2, 0) is 12.2 Å². The largest absolute Gasteiger partial charge is 0.365 e. The highest BCUT2D eigenvalue weighted by atomic mass is 32.2. The molecule has 0 spiro atoms. The Hall–Kier alpha value is -3.39. The molecule has 2 aliphatic heterocycles. The molecule has 3 aromatic rings. The second-order valence-electron chi connectivity index (χ2n) is 9.71. The molecule has 37 heavy (non-hydrogen) atoms. The number of nitriles is 1. The lowest BCUT2D eigenvalue weighted by molar-refractivity contribution is 0.207. The first-order valence-electron chi connectivity index (χ1n) is 13.2. The highest BCUT2D eigenvalue weighted by Crippen LogP contribution is 2.40. The number of benzene rings is 1. The maximum absolute atomic E-state index is 10.0. The van der Waals surface area contributed by atoms with E-state index in [4.69, 9.17) is 11.6 Å². The molecule has 0 bridgehead atoms. The van der Waals surface area contributed by atoms with Crippen molar-refractivity contribution in [3.8, 4) is 17.2 Å². The molecular weight excluding hydrogens is 476 g/mol. The Balaban J connectivity index is 1.36. The van der Waals surface area contributed by atoms with Gasteiger partial charge in [0, 0.05) is 37.3 Å². The Morgan fingerprint density at radius 3 is 2.46 bits per heavy atom. The number of piperidine rings is 1. The summed E-state index contributed by atoms with van der Waals surface area (Å²) in [5, 5.41) is 10.8. The van der Waals surface area contributed by atoms with Crippen molar-refractivity contribution in [3.05, 3.63) is 76.9 Å². The monoisotopic (exact) mass is 508 g/mol. The summed E-state index contributed by atoms with van der Waals surface area (Å²) in [7, 11) is 0. The van der Waals surface area contributed by atoms with Crippen molar-refractivity contribution in [3.63, 3.8) is 0 Å². The molecular formula is C30H32N6S. The zero-order valence-corrected chi connectivity index (χ0v) is 22.2. The van der Waals surface area contributed by atoms with E-state index in [0.29, 0.717) is 29.5 Å². The molecule has 2 fully saturated rings. The summed E-state index contributed by atoms with van der Waals surface area (Å²) in [5.41, 5.74) is 5.34. The second-order valence-corrected chi connectivity index (χ2v) is 10.7. The minimum atomic E-state index is 0.557. The van der Waals surface area contributed by atoms with Gasteiger partial charge in [-0.2, -0.15) is 5.26 Å². The standard InChI is InChI=1S/C30H32N6S/c1-3-26-27(19-31)30(37-21-22-8-10-23(11-9-22)24-7-6-14-33-20-24)34-29(28(26)32-2)36-17-12-25(13-18-36)35-15-4-5-16-35/h6-11,14,20,25H,3-5,12-13,15-18,21H2,1H3. The lowest BCUT2D eigenvalue weighted by atomic mass is 10.0. The van der Waals surface area contributed by atoms with Crippen molar-refractivity contribution < 1.29 is 0 Å². The maximum Gasteiger partial charge on any atom is 0.232 e. The SMILES string of the molecule is [C-]#[N+]c1c(N2CCC(N3CCCC3)CC2)nc(SCc2ccc(-c3cccnc3)cc2)c(C#N)c1CC. The lowest BCUT2D eigenvalue weighted by Gasteiger charge is -2.38. The first-order chi connectivity index (χ1) is 18.2. The minimum absolute atomic E-state index is 0.557. The van der Waals surface area contributed by atoms with E-state index in [0.717, 1.165) is 53.5 Å². The number of likely N-dealkylation sites (tertiary alicyclic amines) is 1. The van der Waals surface area contributed by atoms with Gasteiger partial charge in [-0.15, -0.1) is 11.8 Å². The van der Waals surface area contributed by atoms with E-state index in [9.17, 15) is 5.26 Å². The average molecular weight is 509 g/mol. The Morgan fingerprint density at radius 2 is 1.84 bits per heavy atom. The highest BCUT2D eigenvalue weighted by Gasteiger charge is 2.29. The summed E-state index contributed by atoms with van der Waals surface area (Å²) < 4.78 is 0. The van der Waals surface area contributed by atoms with Gasteiger partial charge in [-0.25, -0.2) is 9.83 Å². The van der Waals surface area contributed by atoms with Crippen molar-refractivity contribution in [2.24, 2.45) is 0 Å². The van der Waals surface area contributed by atoms with Gasteiger partial charge in [0.05, 0.1) is 12.1 Å². The van der Waals surface area contributed by atoms with E-state index in [1.54, 1.807) is 18.0 Å². The first-order valence-corrected chi connectivity index (χ1v) is 14.2. The molecule has 0 radical (unpaired) electrons. The summed E-state index contributed by atoms with van der Waals surface area (Å²) in [6, 6.07) is 15.5. The molecule has 0 unspecified atom stereocenters. The molecule has 188 valence electrons. The normalized spacial score (nSPS) is 16.5. The summed E-state index contributed by atoms with van der Waals surface area (Å²) in [6.07, 6.45) is 9.12. The summed E-state index contributed by atoms with van der Waals surface area (Å²) in [6.45, 7) is 14.2. The molecule has 7 heteroatoms. The van der Waals surface area contributed by atoms with E-state index >= 15 is 0 Å². The fraction of sp³-hybridized carbons (Fsp3) is 0.400. The van der Waals surface area contributed by atoms with Crippen LogP contribution < -0.4 is 4.90 Å². The van der Waals surface area contributed by atoms with Gasteiger partial charge in [0.15, 0.2) is 0 Å². The van der Waals surface area contributed by atoms with Crippen LogP contribution >= 0.6 is 11.8 Å². The fourth-order valence-electron chi connectivity index (χ4n) is 5.52. The maximum atomic E-state index is 10.0. The van der Waals surface area contributed by atoms with Gasteiger partial charge >= 0.3 is 0 Å². The third kappa shape index (κ3) is 5.49. The van der Waals surface area contributed by atoms with Crippen molar-refractivity contribution in [1.82, 2.24) is 14.9 Å². The number of pyridine rings is 2. The van der Waals surface area contributed by atoms with Crippen molar-refractivity contribution in [2.75, 3.05) is 31.1 Å². The van der Waals surface area contributed by atoms with Crippen LogP contribution in [0.1, 0.15) is 49.3 Å². The number of thioether (sulfide) groups is 1. The zero-order valence-electron chi connectivity index (χ0n) is 21.4. The van der Waals surface area contributed by atoms with Crippen molar-refractivity contribution >= 4 is 23.3 Å². The quantitative estimate of drug-likeness (QED) is 0.269. The van der Waals surface area contributed by atoms with E-state index in [1.165, 1.54) is 31.5 Å². The second kappa shape index (κ2) is 11.8. The third-order valence-electron chi connectivity index (χ3n) is 7.54. The van der Waals surface area contributed by atoms with Gasteiger partial charge in [-0.1, -0.05) is 37.3 Å². The van der Waals surface area contributed by atoms with Gasteiger partial charge in [-0.05, 0) is 73.5 Å². The van der Waals surface area contributed by atoms with Gasteiger partial charge in [-0.3, -0.25) is 4.98 Å². The summed E-state index contributed by atoms with van der Waals surface area (Å²) in [5.74, 6) is 1.48. The van der Waals surface area contributed by atoms with Crippen LogP contribution in [0.4, 0.5) is 11.5 Å². The predicted molar refractivity (Wildman–Crippen MR) is 150 cm³/mol. The smallest absolute Gasteiger partial charge is 0.232 e. The minimum Gasteiger partial charge on any atom is -0.365 e. The number of hydrogen-bond donors (Lipinski definition) is 0. The van der Waals surface area contributed by atoms with E-state index in [-0.39, 0.29) is 0 Å². The molecule has 4 heterocycles. The number of rotatable bonds is 7. The van der Waals surface area contributed by atoms with E-state index in [2.05, 4.69) is 56.0 Å². The molecule has 0 aliphatic carbocycles. The molecule has 0 N–H and O–H groups in total. The van der Waals surface area contributed by atoms with E-state index in [1.807, 2.05) is 19.2 Å². The van der Waals surface area contributed by atoms with Gasteiger partial charge in [0.1, 0.15) is 16.9 Å². The van der Waals surface area contributed by atoms with Crippen molar-refractivity contribution in [1.29, 1.82) is 5.26 Å². The fourth-order valence-corrected chi connectivity index (χ4v) is 6.48. The molecule has 0 atom stereocenters. The molecule has 2 saturated heterocycles. The Kier molecular flexibility index (Phi) is 8.04. The molecule has 5 rings (SSSR count). The Labute approximate surface area is 224 Å². The number of hydrogen-bond acceptors (Lipinski definition) is 6. The van der Waals surface area contributed by atoms with Crippen LogP contribution in [-0.4, -0.2) is 47.1 Å². The highest BCUT2D eigenvalue weighted by molar-refractivity contribution is 7.98. The zero-order chi connectivity index (χ0) is 25.6. The predicted octanol–water partition coefficient (Wildman–Crippen LogP) is 6.49. The molecule has 2 aliphatic rings. The van der Waals surface area contributed by atoms with Crippen LogP contribution in [0, 0.1) is 17.9 Å². The third-order valence-corrected chi connectivity index (χ3v) is 8.59. The number of anilines is 1. The molecule has 1 aromatic carbocycles. The van der Waals surface area contributed by atoms with Crippen LogP contribution in [0.2, 0.25) is 0 Å². The van der Waals surface area contributed by atoms with Gasteiger partial charge < -0.3 is 9.80 Å². The summed E-state index contributed by atoms with van der Waals surface area (Å²) >= 11 is 1.59. The lowest BCUT2D eigenvalue weighted by Crippen LogP contribution is -2.44. The number of aromatic nitrogens is 2. The molecule has 0 saturated carbocycles. The molecule has 2 aromatic heterocycles. The topological polar surface area (TPSA) is 60.4 Å². The van der Waals surface area contributed by atoms with Crippen LogP contribution in [0.25, 0.3) is 16.0 Å². The van der Waals surface area contributed by atoms with Gasteiger partial charge in [0.25, 0.3) is 0 Å². The van der Waals surface area contributed by atoms with Crippen molar-refractivity contribution in [2.45, 2.75) is 55.8 Å². The van der Waals surface area contributed by atoms with Crippen LogP contribution in [0.5, 0.6) is 0 Å². The van der Waals surface area contributed by atoms with E-state index < -0.39 is 0 Å². The Morgan fingerprint density at radius 1 is 1.08 bits per heavy atom. The average Bonchev–Trinajstić information content (AvgIpc) is 3.51. The summed E-state index contributed by atoms with van der Waals surface area (Å²) in [4.78, 5) is 18.0. The van der Waals surface area contributed by atoms with Crippen LogP contribution in [0.3, 0.4) is 0 Å². The van der Waals surface area contributed by atoms with Crippen LogP contribution in [0.15, 0.2) is 53.8 Å². The van der Waals surface area contributed by atoms with Gasteiger partial charge in [0.2, 0.25) is 5.69 Å². The molecule has 0 amide bonds. The number of nitrogens with zero attached hydrogens (tertiary/aromatic N) is 6. The molecule has 6 nitrogen and oxygen atoms in total. The first kappa shape index (κ1) is 25.3. The Bertz CT molecular complexity index is 1300.